The van der Waals surface area contributed by atoms with E-state index in [0.29, 0.717) is 6.54 Å². The molecule has 0 aromatic carbocycles. The van der Waals surface area contributed by atoms with Crippen molar-refractivity contribution in [3.05, 3.63) is 42.2 Å². The lowest BCUT2D eigenvalue weighted by Gasteiger charge is -2.06. The first-order valence-electron chi connectivity index (χ1n) is 7.13. The largest absolute Gasteiger partial charge is 0.459 e. The molecule has 0 spiro atoms. The number of esters is 2. The van der Waals surface area contributed by atoms with Crippen LogP contribution in [0.15, 0.2) is 36.7 Å². The lowest BCUT2D eigenvalue weighted by Crippen LogP contribution is -2.35. The zero-order chi connectivity index (χ0) is 18.2. The van der Waals surface area contributed by atoms with Crippen molar-refractivity contribution in [1.29, 1.82) is 0 Å². The van der Waals surface area contributed by atoms with Gasteiger partial charge < -0.3 is 9.47 Å². The fraction of sp³-hybridized carbons (Fsp3) is 0.400. The Labute approximate surface area is 140 Å². The van der Waals surface area contributed by atoms with Crippen LogP contribution in [0.2, 0.25) is 0 Å². The number of hydrogen-bond acceptors (Lipinski definition) is 6. The van der Waals surface area contributed by atoms with Gasteiger partial charge in [-0.05, 0) is 13.0 Å². The quantitative estimate of drug-likeness (QED) is 0.225. The number of aromatic nitrogens is 1. The second kappa shape index (κ2) is 9.14. The lowest BCUT2D eigenvalue weighted by atomic mass is 10.3. The Kier molecular flexibility index (Phi) is 7.53. The van der Waals surface area contributed by atoms with Crippen LogP contribution in [0.5, 0.6) is 0 Å². The maximum Gasteiger partial charge on any atom is 0.344 e. The van der Waals surface area contributed by atoms with Gasteiger partial charge >= 0.3 is 11.9 Å². The Morgan fingerprint density at radius 1 is 1.29 bits per heavy atom. The summed E-state index contributed by atoms with van der Waals surface area (Å²) in [5, 5.41) is 0. The van der Waals surface area contributed by atoms with Crippen LogP contribution in [-0.2, 0) is 30.9 Å². The predicted octanol–water partition coefficient (Wildman–Crippen LogP) is 0.528. The third-order valence-electron chi connectivity index (χ3n) is 2.81. The number of carbonyl (C=O) groups excluding carboxylic acids is 2. The minimum absolute atomic E-state index is 0.0708. The highest BCUT2D eigenvalue weighted by molar-refractivity contribution is 7.85. The van der Waals surface area contributed by atoms with Gasteiger partial charge in [-0.25, -0.2) is 14.2 Å². The van der Waals surface area contributed by atoms with Crippen molar-refractivity contribution < 1.29 is 36.6 Å². The highest BCUT2D eigenvalue weighted by Gasteiger charge is 2.13. The van der Waals surface area contributed by atoms with E-state index in [1.807, 2.05) is 0 Å². The number of ether oxygens (including phenoxy) is 2. The summed E-state index contributed by atoms with van der Waals surface area (Å²) in [6.07, 6.45) is 3.38. The van der Waals surface area contributed by atoms with Crippen molar-refractivity contribution in [3.8, 4) is 0 Å². The molecular formula is C15H20NO7S+. The molecule has 1 heterocycles. The standard InChI is InChI=1S/C15H19NO7S/c1-12(2)14(17)22-8-9-23-15(18)13-5-3-6-16(11-13)7-4-10-24(19,20)21/h3,5-6,11H,1,4,7-10H2,2H3/p+1. The van der Waals surface area contributed by atoms with E-state index in [0.717, 1.165) is 0 Å². The summed E-state index contributed by atoms with van der Waals surface area (Å²) in [6.45, 7) is 5.10. The summed E-state index contributed by atoms with van der Waals surface area (Å²) in [5.41, 5.74) is 0.533. The van der Waals surface area contributed by atoms with Gasteiger partial charge in [0.05, 0.1) is 5.75 Å². The maximum atomic E-state index is 11.9. The van der Waals surface area contributed by atoms with Gasteiger partial charge in [-0.2, -0.15) is 8.42 Å². The van der Waals surface area contributed by atoms with E-state index in [1.165, 1.54) is 13.1 Å². The van der Waals surface area contributed by atoms with Gasteiger partial charge in [-0.3, -0.25) is 4.55 Å². The van der Waals surface area contributed by atoms with Crippen molar-refractivity contribution in [1.82, 2.24) is 0 Å². The van der Waals surface area contributed by atoms with Crippen LogP contribution < -0.4 is 4.57 Å². The van der Waals surface area contributed by atoms with Gasteiger partial charge in [0.1, 0.15) is 25.3 Å². The molecule has 8 nitrogen and oxygen atoms in total. The van der Waals surface area contributed by atoms with Crippen LogP contribution in [0.4, 0.5) is 0 Å². The minimum atomic E-state index is -4.00. The molecule has 0 bridgehead atoms. The normalized spacial score (nSPS) is 10.9. The van der Waals surface area contributed by atoms with E-state index in [4.69, 9.17) is 14.0 Å². The maximum absolute atomic E-state index is 11.9. The highest BCUT2D eigenvalue weighted by Crippen LogP contribution is 1.99. The summed E-state index contributed by atoms with van der Waals surface area (Å²) < 4.78 is 41.4. The van der Waals surface area contributed by atoms with E-state index < -0.39 is 22.1 Å². The fourth-order valence-electron chi connectivity index (χ4n) is 1.69. The molecule has 0 aliphatic rings. The Morgan fingerprint density at radius 2 is 1.96 bits per heavy atom. The van der Waals surface area contributed by atoms with Crippen LogP contribution in [0.25, 0.3) is 0 Å². The second-order valence-electron chi connectivity index (χ2n) is 5.02. The van der Waals surface area contributed by atoms with Crippen molar-refractivity contribution in [2.75, 3.05) is 19.0 Å². The summed E-state index contributed by atoms with van der Waals surface area (Å²) in [6, 6.07) is 3.16. The van der Waals surface area contributed by atoms with Gasteiger partial charge in [0, 0.05) is 18.1 Å². The van der Waals surface area contributed by atoms with Crippen molar-refractivity contribution in [3.63, 3.8) is 0 Å². The summed E-state index contributed by atoms with van der Waals surface area (Å²) >= 11 is 0. The molecule has 0 fully saturated rings. The molecule has 1 N–H and O–H groups in total. The summed E-state index contributed by atoms with van der Waals surface area (Å²) in [5.74, 6) is -1.50. The van der Waals surface area contributed by atoms with E-state index in [1.54, 1.807) is 22.9 Å². The van der Waals surface area contributed by atoms with Crippen LogP contribution in [0.3, 0.4) is 0 Å². The molecule has 0 aliphatic heterocycles. The predicted molar refractivity (Wildman–Crippen MR) is 83.7 cm³/mol. The van der Waals surface area contributed by atoms with E-state index in [2.05, 4.69) is 6.58 Å². The third-order valence-corrected chi connectivity index (χ3v) is 3.62. The van der Waals surface area contributed by atoms with E-state index >= 15 is 0 Å². The molecule has 1 aromatic heterocycles. The van der Waals surface area contributed by atoms with E-state index in [9.17, 15) is 18.0 Å². The van der Waals surface area contributed by atoms with Gasteiger partial charge in [-0.15, -0.1) is 0 Å². The van der Waals surface area contributed by atoms with Gasteiger partial charge in [-0.1, -0.05) is 6.58 Å². The molecule has 0 radical (unpaired) electrons. The summed E-state index contributed by atoms with van der Waals surface area (Å²) in [7, 11) is -4.00. The van der Waals surface area contributed by atoms with Crippen molar-refractivity contribution >= 4 is 22.1 Å². The lowest BCUT2D eigenvalue weighted by molar-refractivity contribution is -0.697. The summed E-state index contributed by atoms with van der Waals surface area (Å²) in [4.78, 5) is 23.0. The average Bonchev–Trinajstić information content (AvgIpc) is 2.50. The molecule has 1 aromatic rings. The van der Waals surface area contributed by atoms with Crippen LogP contribution in [-0.4, -0.2) is 43.9 Å². The molecule has 132 valence electrons. The Morgan fingerprint density at radius 3 is 2.58 bits per heavy atom. The van der Waals surface area contributed by atoms with Crippen LogP contribution in [0.1, 0.15) is 23.7 Å². The van der Waals surface area contributed by atoms with Crippen molar-refractivity contribution in [2.24, 2.45) is 0 Å². The molecule has 0 atom stereocenters. The molecule has 1 rings (SSSR count). The highest BCUT2D eigenvalue weighted by atomic mass is 32.2. The second-order valence-corrected chi connectivity index (χ2v) is 6.59. The molecule has 0 saturated carbocycles. The number of carbonyl (C=O) groups is 2. The first-order chi connectivity index (χ1) is 11.2. The van der Waals surface area contributed by atoms with Crippen LogP contribution in [0, 0.1) is 0 Å². The van der Waals surface area contributed by atoms with E-state index in [-0.39, 0.29) is 36.5 Å². The Bertz CT molecular complexity index is 712. The monoisotopic (exact) mass is 358 g/mol. The first-order valence-corrected chi connectivity index (χ1v) is 8.74. The van der Waals surface area contributed by atoms with Crippen molar-refractivity contribution in [2.45, 2.75) is 19.9 Å². The number of hydrogen-bond donors (Lipinski definition) is 1. The topological polar surface area (TPSA) is 111 Å². The third kappa shape index (κ3) is 7.84. The molecule has 9 heteroatoms. The number of rotatable bonds is 9. The minimum Gasteiger partial charge on any atom is -0.459 e. The fourth-order valence-corrected chi connectivity index (χ4v) is 2.18. The molecule has 0 unspecified atom stereocenters. The number of aryl methyl sites for hydroxylation is 1. The Hall–Kier alpha value is -2.26. The molecule has 0 amide bonds. The zero-order valence-electron chi connectivity index (χ0n) is 13.3. The number of nitrogens with zero attached hydrogens (tertiary/aromatic N) is 1. The van der Waals surface area contributed by atoms with Gasteiger partial charge in [0.25, 0.3) is 10.1 Å². The van der Waals surface area contributed by atoms with Gasteiger partial charge in [0.15, 0.2) is 12.4 Å². The van der Waals surface area contributed by atoms with Gasteiger partial charge in [0.2, 0.25) is 0 Å². The zero-order valence-corrected chi connectivity index (χ0v) is 14.1. The number of pyridine rings is 1. The van der Waals surface area contributed by atoms with Crippen LogP contribution >= 0.6 is 0 Å². The molecule has 24 heavy (non-hydrogen) atoms. The average molecular weight is 358 g/mol. The Balaban J connectivity index is 2.46. The molecule has 0 aliphatic carbocycles. The molecular weight excluding hydrogens is 338 g/mol. The first kappa shape index (κ1) is 19.8. The SMILES string of the molecule is C=C(C)C(=O)OCCOC(=O)c1ccc[n+](CCCS(=O)(=O)O)c1. The molecule has 0 saturated heterocycles. The smallest absolute Gasteiger partial charge is 0.344 e.